The smallest absolute Gasteiger partial charge is 0.154 e. The van der Waals surface area contributed by atoms with Crippen LogP contribution in [0.25, 0.3) is 0 Å². The quantitative estimate of drug-likeness (QED) is 0.259. The Hall–Kier alpha value is -1.52. The monoisotopic (exact) mass is 377 g/mol. The van der Waals surface area contributed by atoms with Crippen molar-refractivity contribution < 1.29 is 0 Å². The van der Waals surface area contributed by atoms with Gasteiger partial charge in [0.05, 0.1) is 0 Å². The summed E-state index contributed by atoms with van der Waals surface area (Å²) in [6.45, 7) is 6.04. The molecule has 27 heavy (non-hydrogen) atoms. The molecule has 0 spiro atoms. The summed E-state index contributed by atoms with van der Waals surface area (Å²) >= 11 is 0. The van der Waals surface area contributed by atoms with E-state index in [-0.39, 0.29) is 0 Å². The van der Waals surface area contributed by atoms with Gasteiger partial charge in [-0.2, -0.15) is 0 Å². The topological polar surface area (TPSA) is 75.9 Å². The average Bonchev–Trinajstić information content (AvgIpc) is 2.67. The zero-order valence-electron chi connectivity index (χ0n) is 17.9. The molecule has 0 radical (unpaired) electrons. The first-order valence-corrected chi connectivity index (χ1v) is 11.4. The molecule has 0 saturated heterocycles. The van der Waals surface area contributed by atoms with Crippen LogP contribution in [0.2, 0.25) is 0 Å². The van der Waals surface area contributed by atoms with E-state index in [1.165, 1.54) is 83.5 Å². The fourth-order valence-corrected chi connectivity index (χ4v) is 3.37. The highest BCUT2D eigenvalue weighted by Crippen LogP contribution is 2.22. The number of nitrogens with two attached hydrogens (primary N) is 1. The van der Waals surface area contributed by atoms with Gasteiger partial charge in [0.2, 0.25) is 0 Å². The second-order valence-electron chi connectivity index (χ2n) is 7.54. The Kier molecular flexibility index (Phi) is 14.5. The second kappa shape index (κ2) is 16.6. The van der Waals surface area contributed by atoms with Crippen LogP contribution in [0.5, 0.6) is 0 Å². The van der Waals surface area contributed by atoms with Gasteiger partial charge in [-0.1, -0.05) is 90.4 Å². The van der Waals surface area contributed by atoms with E-state index in [9.17, 15) is 0 Å². The molecule has 0 saturated carbocycles. The molecule has 0 unspecified atom stereocenters. The summed E-state index contributed by atoms with van der Waals surface area (Å²) < 4.78 is 0. The third-order valence-electron chi connectivity index (χ3n) is 5.05. The van der Waals surface area contributed by atoms with Crippen molar-refractivity contribution in [2.45, 2.75) is 104 Å². The molecule has 0 aliphatic rings. The van der Waals surface area contributed by atoms with Crippen LogP contribution >= 0.6 is 0 Å². The lowest BCUT2D eigenvalue weighted by Crippen LogP contribution is -2.10. The summed E-state index contributed by atoms with van der Waals surface area (Å²) in [6.07, 6.45) is 20.9. The molecular weight excluding hydrogens is 334 g/mol. The highest BCUT2D eigenvalue weighted by atomic mass is 15.1. The minimum absolute atomic E-state index is 0.615. The number of nitrogens with one attached hydrogen (secondary N) is 2. The lowest BCUT2D eigenvalue weighted by molar-refractivity contribution is 0.537. The van der Waals surface area contributed by atoms with Crippen molar-refractivity contribution in [1.29, 1.82) is 0 Å². The number of hydrogen-bond donors (Lipinski definition) is 3. The first-order valence-electron chi connectivity index (χ1n) is 11.4. The summed E-state index contributed by atoms with van der Waals surface area (Å²) in [6, 6.07) is 0. The number of aromatic nitrogens is 2. The summed E-state index contributed by atoms with van der Waals surface area (Å²) in [5.41, 5.74) is 6.70. The molecule has 0 bridgehead atoms. The SMILES string of the molecule is CCCCCCCCCCCCCCCCNc1ncnc(NCC)c1N. The highest BCUT2D eigenvalue weighted by Gasteiger charge is 2.06. The zero-order valence-corrected chi connectivity index (χ0v) is 17.9. The number of hydrogen-bond acceptors (Lipinski definition) is 5. The molecule has 0 amide bonds. The summed E-state index contributed by atoms with van der Waals surface area (Å²) in [5.74, 6) is 1.46. The molecule has 1 heterocycles. The molecule has 1 aromatic heterocycles. The third kappa shape index (κ3) is 11.7. The van der Waals surface area contributed by atoms with Gasteiger partial charge in [0.15, 0.2) is 11.6 Å². The van der Waals surface area contributed by atoms with Crippen molar-refractivity contribution in [3.63, 3.8) is 0 Å². The van der Waals surface area contributed by atoms with E-state index >= 15 is 0 Å². The number of nitrogens with zero attached hydrogens (tertiary/aromatic N) is 2. The molecule has 0 fully saturated rings. The molecule has 0 aromatic carbocycles. The Balaban J connectivity index is 1.90. The van der Waals surface area contributed by atoms with Crippen molar-refractivity contribution in [1.82, 2.24) is 9.97 Å². The fourth-order valence-electron chi connectivity index (χ4n) is 3.37. The predicted octanol–water partition coefficient (Wildman–Crippen LogP) is 6.38. The Labute approximate surface area is 167 Å². The summed E-state index contributed by atoms with van der Waals surface area (Å²) in [5, 5.41) is 6.49. The maximum absolute atomic E-state index is 6.08. The van der Waals surface area contributed by atoms with Crippen LogP contribution in [0.15, 0.2) is 6.33 Å². The van der Waals surface area contributed by atoms with E-state index in [0.717, 1.165) is 31.1 Å². The Bertz CT molecular complexity index is 464. The molecule has 156 valence electrons. The van der Waals surface area contributed by atoms with Crippen molar-refractivity contribution in [3.05, 3.63) is 6.33 Å². The summed E-state index contributed by atoms with van der Waals surface area (Å²) in [7, 11) is 0. The van der Waals surface area contributed by atoms with Gasteiger partial charge < -0.3 is 16.4 Å². The van der Waals surface area contributed by atoms with Crippen LogP contribution < -0.4 is 16.4 Å². The molecule has 5 nitrogen and oxygen atoms in total. The Morgan fingerprint density at radius 3 is 1.59 bits per heavy atom. The van der Waals surface area contributed by atoms with E-state index in [4.69, 9.17) is 5.73 Å². The number of unbranched alkanes of at least 4 members (excludes halogenated alkanes) is 13. The molecule has 0 atom stereocenters. The predicted molar refractivity (Wildman–Crippen MR) is 119 cm³/mol. The van der Waals surface area contributed by atoms with Crippen molar-refractivity contribution in [2.75, 3.05) is 29.5 Å². The van der Waals surface area contributed by atoms with E-state index in [2.05, 4.69) is 27.5 Å². The van der Waals surface area contributed by atoms with Crippen LogP contribution in [-0.2, 0) is 0 Å². The maximum atomic E-state index is 6.08. The van der Waals surface area contributed by atoms with Crippen LogP contribution in [-0.4, -0.2) is 23.1 Å². The van der Waals surface area contributed by atoms with Gasteiger partial charge >= 0.3 is 0 Å². The Morgan fingerprint density at radius 1 is 0.667 bits per heavy atom. The zero-order chi connectivity index (χ0) is 19.6. The minimum Gasteiger partial charge on any atom is -0.393 e. The third-order valence-corrected chi connectivity index (χ3v) is 5.05. The fraction of sp³-hybridized carbons (Fsp3) is 0.818. The lowest BCUT2D eigenvalue weighted by atomic mass is 10.0. The van der Waals surface area contributed by atoms with Gasteiger partial charge in [0.25, 0.3) is 0 Å². The van der Waals surface area contributed by atoms with Crippen molar-refractivity contribution in [2.24, 2.45) is 0 Å². The molecular formula is C22H43N5. The van der Waals surface area contributed by atoms with Crippen LogP contribution in [0, 0.1) is 0 Å². The van der Waals surface area contributed by atoms with Gasteiger partial charge in [-0.15, -0.1) is 0 Å². The minimum atomic E-state index is 0.615. The van der Waals surface area contributed by atoms with Crippen molar-refractivity contribution in [3.8, 4) is 0 Å². The van der Waals surface area contributed by atoms with Gasteiger partial charge in [-0.3, -0.25) is 0 Å². The van der Waals surface area contributed by atoms with E-state index in [1.807, 2.05) is 6.92 Å². The molecule has 4 N–H and O–H groups in total. The number of nitrogen functional groups attached to an aromatic ring is 1. The molecule has 0 aliphatic carbocycles. The second-order valence-corrected chi connectivity index (χ2v) is 7.54. The summed E-state index contributed by atoms with van der Waals surface area (Å²) in [4.78, 5) is 8.40. The standard InChI is InChI=1S/C22H43N5/c1-3-5-6-7-8-9-10-11-12-13-14-15-16-17-18-25-22-20(23)21(24-4-2)26-19-27-22/h19H,3-18,23H2,1-2H3,(H2,24,25,26,27). The Morgan fingerprint density at radius 2 is 1.11 bits per heavy atom. The largest absolute Gasteiger partial charge is 0.393 e. The van der Waals surface area contributed by atoms with Crippen LogP contribution in [0.3, 0.4) is 0 Å². The molecule has 5 heteroatoms. The lowest BCUT2D eigenvalue weighted by Gasteiger charge is -2.11. The van der Waals surface area contributed by atoms with E-state index in [1.54, 1.807) is 6.33 Å². The van der Waals surface area contributed by atoms with Crippen molar-refractivity contribution >= 4 is 17.3 Å². The average molecular weight is 378 g/mol. The van der Waals surface area contributed by atoms with Gasteiger partial charge in [-0.25, -0.2) is 9.97 Å². The normalized spacial score (nSPS) is 10.9. The van der Waals surface area contributed by atoms with E-state index < -0.39 is 0 Å². The van der Waals surface area contributed by atoms with E-state index in [0.29, 0.717) is 5.69 Å². The first-order chi connectivity index (χ1) is 13.3. The molecule has 1 aromatic rings. The first kappa shape index (κ1) is 23.5. The van der Waals surface area contributed by atoms with Crippen LogP contribution in [0.1, 0.15) is 104 Å². The van der Waals surface area contributed by atoms with Gasteiger partial charge in [0.1, 0.15) is 12.0 Å². The van der Waals surface area contributed by atoms with Crippen LogP contribution in [0.4, 0.5) is 17.3 Å². The maximum Gasteiger partial charge on any atom is 0.154 e. The number of anilines is 3. The molecule has 1 rings (SSSR count). The van der Waals surface area contributed by atoms with Gasteiger partial charge in [-0.05, 0) is 13.3 Å². The molecule has 0 aliphatic heterocycles. The highest BCUT2D eigenvalue weighted by molar-refractivity contribution is 5.73. The number of rotatable bonds is 18. The van der Waals surface area contributed by atoms with Gasteiger partial charge in [0, 0.05) is 13.1 Å².